The second kappa shape index (κ2) is 9.94. The van der Waals surface area contributed by atoms with Gasteiger partial charge in [-0.1, -0.05) is 0 Å². The van der Waals surface area contributed by atoms with Gasteiger partial charge in [0.25, 0.3) is 0 Å². The number of benzene rings is 1. The fourth-order valence-corrected chi connectivity index (χ4v) is 3.56. The fraction of sp³-hybridized carbons (Fsp3) is 0.261. The van der Waals surface area contributed by atoms with E-state index < -0.39 is 24.6 Å². The number of halogens is 4. The van der Waals surface area contributed by atoms with Crippen molar-refractivity contribution in [2.24, 2.45) is 21.5 Å². The highest BCUT2D eigenvalue weighted by atomic mass is 19.4. The average molecular weight is 476 g/mol. The van der Waals surface area contributed by atoms with Crippen LogP contribution in [0, 0.1) is 5.82 Å². The Labute approximate surface area is 193 Å². The third-order valence-electron chi connectivity index (χ3n) is 5.13. The molecule has 1 aromatic carbocycles. The van der Waals surface area contributed by atoms with Crippen LogP contribution in [-0.4, -0.2) is 36.7 Å². The maximum atomic E-state index is 14.1. The van der Waals surface area contributed by atoms with Crippen LogP contribution in [0.5, 0.6) is 5.75 Å². The number of allylic oxidation sites excluding steroid dienone is 2. The summed E-state index contributed by atoms with van der Waals surface area (Å²) in [4.78, 5) is 11.9. The molecule has 0 saturated carbocycles. The van der Waals surface area contributed by atoms with Gasteiger partial charge in [0, 0.05) is 48.3 Å². The molecule has 2 aromatic rings. The van der Waals surface area contributed by atoms with Gasteiger partial charge in [0.1, 0.15) is 18.5 Å². The number of aliphatic imine (C=N–C) groups is 2. The first-order valence-corrected chi connectivity index (χ1v) is 10.2. The molecule has 1 unspecified atom stereocenters. The van der Waals surface area contributed by atoms with E-state index in [1.165, 1.54) is 43.7 Å². The maximum Gasteiger partial charge on any atom is 0.407 e. The third kappa shape index (κ3) is 5.53. The van der Waals surface area contributed by atoms with E-state index in [0.717, 1.165) is 6.20 Å². The number of aromatic nitrogens is 1. The van der Waals surface area contributed by atoms with Gasteiger partial charge >= 0.3 is 6.18 Å². The summed E-state index contributed by atoms with van der Waals surface area (Å²) in [7, 11) is 1.52. The van der Waals surface area contributed by atoms with Crippen molar-refractivity contribution in [2.75, 3.05) is 19.3 Å². The lowest BCUT2D eigenvalue weighted by molar-refractivity contribution is -0.118. The standard InChI is InChI=1S/C23H24F4N6O/c1-12-18-7-16(24)3-4-17(18)20(29)14(9-31-2)5-13(8-28)21(33-11-23(25,26)27)15-6-19(34-12)22(30)32-10-15/h3-4,6-10,12H,5,11,28-29H2,1-2H3,(H2,30,32). The van der Waals surface area contributed by atoms with E-state index in [9.17, 15) is 17.6 Å². The van der Waals surface area contributed by atoms with E-state index in [0.29, 0.717) is 16.7 Å². The monoisotopic (exact) mass is 476 g/mol. The molecule has 180 valence electrons. The van der Waals surface area contributed by atoms with Crippen molar-refractivity contribution in [2.45, 2.75) is 25.6 Å². The van der Waals surface area contributed by atoms with E-state index in [4.69, 9.17) is 21.9 Å². The van der Waals surface area contributed by atoms with Crippen LogP contribution in [0.15, 0.2) is 57.8 Å². The number of nitrogen functional groups attached to an aromatic ring is 1. The van der Waals surface area contributed by atoms with Crippen molar-refractivity contribution in [1.82, 2.24) is 4.98 Å². The minimum Gasteiger partial charge on any atom is -0.482 e. The summed E-state index contributed by atoms with van der Waals surface area (Å²) in [6.45, 7) is 0.232. The quantitative estimate of drug-likeness (QED) is 0.448. The molecule has 1 aliphatic rings. The average Bonchev–Trinajstić information content (AvgIpc) is 2.77. The third-order valence-corrected chi connectivity index (χ3v) is 5.13. The first kappa shape index (κ1) is 24.7. The number of pyridine rings is 1. The zero-order valence-corrected chi connectivity index (χ0v) is 18.5. The highest BCUT2D eigenvalue weighted by Gasteiger charge is 2.28. The number of fused-ring (bicyclic) bond motifs is 3. The molecule has 1 atom stereocenters. The lowest BCUT2D eigenvalue weighted by Gasteiger charge is -2.23. The highest BCUT2D eigenvalue weighted by molar-refractivity contribution is 6.14. The summed E-state index contributed by atoms with van der Waals surface area (Å²) >= 11 is 0. The Kier molecular flexibility index (Phi) is 7.23. The van der Waals surface area contributed by atoms with Crippen molar-refractivity contribution in [3.8, 4) is 5.75 Å². The number of rotatable bonds is 2. The molecule has 6 N–H and O–H groups in total. The number of nitrogens with two attached hydrogens (primary N) is 3. The molecule has 11 heteroatoms. The van der Waals surface area contributed by atoms with Crippen LogP contribution in [0.2, 0.25) is 0 Å². The molecule has 0 fully saturated rings. The Morgan fingerprint density at radius 2 is 1.97 bits per heavy atom. The van der Waals surface area contributed by atoms with Crippen LogP contribution in [0.25, 0.3) is 5.70 Å². The molecule has 0 aliphatic carbocycles. The predicted molar refractivity (Wildman–Crippen MR) is 124 cm³/mol. The molecule has 0 saturated heterocycles. The van der Waals surface area contributed by atoms with Crippen LogP contribution >= 0.6 is 0 Å². The van der Waals surface area contributed by atoms with Gasteiger partial charge in [0.2, 0.25) is 0 Å². The van der Waals surface area contributed by atoms with Crippen molar-refractivity contribution in [3.63, 3.8) is 0 Å². The van der Waals surface area contributed by atoms with Gasteiger partial charge in [-0.05, 0) is 48.5 Å². The van der Waals surface area contributed by atoms with Crippen molar-refractivity contribution >= 4 is 23.4 Å². The predicted octanol–water partition coefficient (Wildman–Crippen LogP) is 3.91. The molecule has 7 nitrogen and oxygen atoms in total. The minimum atomic E-state index is -4.54. The Hall–Kier alpha value is -3.89. The molecule has 1 aliphatic heterocycles. The lowest BCUT2D eigenvalue weighted by atomic mass is 9.92. The summed E-state index contributed by atoms with van der Waals surface area (Å²) < 4.78 is 59.2. The van der Waals surface area contributed by atoms with Crippen LogP contribution in [0.4, 0.5) is 23.4 Å². The number of alkyl halides is 3. The Bertz CT molecular complexity index is 1200. The summed E-state index contributed by atoms with van der Waals surface area (Å²) in [6.07, 6.45) is -1.37. The Balaban J connectivity index is 2.33. The molecule has 2 heterocycles. The van der Waals surface area contributed by atoms with Gasteiger partial charge < -0.3 is 21.9 Å². The molecule has 0 radical (unpaired) electrons. The van der Waals surface area contributed by atoms with Gasteiger partial charge in [0.05, 0.1) is 5.71 Å². The normalized spacial score (nSPS) is 19.6. The van der Waals surface area contributed by atoms with Crippen LogP contribution in [0.1, 0.15) is 36.1 Å². The summed E-state index contributed by atoms with van der Waals surface area (Å²) in [5.74, 6) is -0.403. The Morgan fingerprint density at radius 3 is 2.62 bits per heavy atom. The number of anilines is 1. The van der Waals surface area contributed by atoms with E-state index in [1.54, 1.807) is 6.92 Å². The molecule has 34 heavy (non-hydrogen) atoms. The zero-order chi connectivity index (χ0) is 25.0. The van der Waals surface area contributed by atoms with E-state index in [-0.39, 0.29) is 40.5 Å². The second-order valence-corrected chi connectivity index (χ2v) is 7.57. The lowest BCUT2D eigenvalue weighted by Crippen LogP contribution is -2.19. The minimum absolute atomic E-state index is 0.00128. The number of hydrogen-bond acceptors (Lipinski definition) is 7. The topological polar surface area (TPSA) is 125 Å². The van der Waals surface area contributed by atoms with Gasteiger partial charge in [-0.15, -0.1) is 0 Å². The highest BCUT2D eigenvalue weighted by Crippen LogP contribution is 2.34. The van der Waals surface area contributed by atoms with E-state index in [1.807, 2.05) is 0 Å². The summed E-state index contributed by atoms with van der Waals surface area (Å²) in [5, 5.41) is 0. The van der Waals surface area contributed by atoms with Gasteiger partial charge in [0.15, 0.2) is 11.6 Å². The van der Waals surface area contributed by atoms with Gasteiger partial charge in [-0.3, -0.25) is 9.98 Å². The zero-order valence-electron chi connectivity index (χ0n) is 18.5. The van der Waals surface area contributed by atoms with Crippen molar-refractivity contribution in [3.05, 3.63) is 70.3 Å². The van der Waals surface area contributed by atoms with Crippen LogP contribution in [0.3, 0.4) is 0 Å². The number of ether oxygens (including phenoxy) is 1. The van der Waals surface area contributed by atoms with Gasteiger partial charge in [-0.2, -0.15) is 13.2 Å². The fourth-order valence-electron chi connectivity index (χ4n) is 3.56. The van der Waals surface area contributed by atoms with Crippen LogP contribution in [-0.2, 0) is 0 Å². The first-order valence-electron chi connectivity index (χ1n) is 10.2. The SMILES string of the molecule is CN=CC1=C(N)c2ccc(F)cc2C(C)Oc2cc(cnc2N)C(=NCC(F)(F)F)C(=CN)C1. The number of hydrogen-bond donors (Lipinski definition) is 3. The first-order chi connectivity index (χ1) is 16.0. The smallest absolute Gasteiger partial charge is 0.407 e. The van der Waals surface area contributed by atoms with Crippen molar-refractivity contribution in [1.29, 1.82) is 0 Å². The Morgan fingerprint density at radius 1 is 1.24 bits per heavy atom. The number of nitrogens with zero attached hydrogens (tertiary/aromatic N) is 3. The molecular formula is C23H24F4N6O. The molecule has 0 spiro atoms. The molecule has 0 amide bonds. The van der Waals surface area contributed by atoms with E-state index >= 15 is 0 Å². The molecule has 2 bridgehead atoms. The van der Waals surface area contributed by atoms with Crippen molar-refractivity contribution < 1.29 is 22.3 Å². The molecular weight excluding hydrogens is 452 g/mol. The largest absolute Gasteiger partial charge is 0.482 e. The molecule has 3 rings (SSSR count). The van der Waals surface area contributed by atoms with E-state index in [2.05, 4.69) is 15.0 Å². The molecule has 1 aromatic heterocycles. The van der Waals surface area contributed by atoms with Crippen LogP contribution < -0.4 is 21.9 Å². The second-order valence-electron chi connectivity index (χ2n) is 7.57. The summed E-state index contributed by atoms with van der Waals surface area (Å²) in [5.41, 5.74) is 20.3. The van der Waals surface area contributed by atoms with Gasteiger partial charge in [-0.25, -0.2) is 9.37 Å². The maximum absolute atomic E-state index is 14.1. The summed E-state index contributed by atoms with van der Waals surface area (Å²) in [6, 6.07) is 5.47.